The Balaban J connectivity index is 1.62. The van der Waals surface area contributed by atoms with Crippen LogP contribution in [0, 0.1) is 6.92 Å². The minimum absolute atomic E-state index is 0.364. The zero-order valence-electron chi connectivity index (χ0n) is 16.2. The molecular formula is C22H19ClN2O3S. The topological polar surface area (TPSA) is 69.1 Å². The van der Waals surface area contributed by atoms with E-state index in [9.17, 15) is 4.79 Å². The first-order valence-corrected chi connectivity index (χ1v) is 10.6. The van der Waals surface area contributed by atoms with Crippen LogP contribution >= 0.6 is 23.4 Å². The van der Waals surface area contributed by atoms with Crippen molar-refractivity contribution in [3.63, 3.8) is 0 Å². The maximum atomic E-state index is 12.0. The Morgan fingerprint density at radius 2 is 1.83 bits per heavy atom. The van der Waals surface area contributed by atoms with Gasteiger partial charge in [0, 0.05) is 27.8 Å². The van der Waals surface area contributed by atoms with E-state index in [2.05, 4.69) is 30.1 Å². The first kappa shape index (κ1) is 19.7. The highest BCUT2D eigenvalue weighted by molar-refractivity contribution is 7.98. The molecule has 148 valence electrons. The lowest BCUT2D eigenvalue weighted by Crippen LogP contribution is -2.02. The molecule has 2 aromatic heterocycles. The number of aromatic nitrogens is 2. The molecule has 0 aliphatic carbocycles. The van der Waals surface area contributed by atoms with Crippen LogP contribution in [0.4, 0.5) is 0 Å². The van der Waals surface area contributed by atoms with E-state index in [1.807, 2.05) is 25.1 Å². The fourth-order valence-corrected chi connectivity index (χ4v) is 4.13. The van der Waals surface area contributed by atoms with Gasteiger partial charge in [-0.05, 0) is 65.9 Å². The maximum absolute atomic E-state index is 12.0. The molecular weight excluding hydrogens is 408 g/mol. The summed E-state index contributed by atoms with van der Waals surface area (Å²) in [7, 11) is 0. The predicted octanol–water partition coefficient (Wildman–Crippen LogP) is 6.22. The third kappa shape index (κ3) is 4.23. The van der Waals surface area contributed by atoms with Gasteiger partial charge < -0.3 is 8.83 Å². The van der Waals surface area contributed by atoms with E-state index in [1.54, 1.807) is 12.1 Å². The van der Waals surface area contributed by atoms with Crippen LogP contribution in [0.1, 0.15) is 36.5 Å². The molecule has 4 aromatic rings. The number of rotatable bonds is 5. The molecule has 29 heavy (non-hydrogen) atoms. The molecule has 0 aliphatic rings. The van der Waals surface area contributed by atoms with Crippen molar-refractivity contribution in [2.45, 2.75) is 37.7 Å². The zero-order valence-corrected chi connectivity index (χ0v) is 17.8. The van der Waals surface area contributed by atoms with Crippen molar-refractivity contribution in [3.05, 3.63) is 74.6 Å². The SMILES string of the molecule is Cc1cc2oc(=O)cc(CSc3nnc(-c4ccc(Cl)cc4)o3)c2cc1C(C)C. The summed E-state index contributed by atoms with van der Waals surface area (Å²) in [5.74, 6) is 1.33. The zero-order chi connectivity index (χ0) is 20.5. The van der Waals surface area contributed by atoms with Gasteiger partial charge >= 0.3 is 5.63 Å². The molecule has 0 saturated heterocycles. The summed E-state index contributed by atoms with van der Waals surface area (Å²) in [6.45, 7) is 6.34. The van der Waals surface area contributed by atoms with Gasteiger partial charge in [-0.15, -0.1) is 10.2 Å². The van der Waals surface area contributed by atoms with Crippen LogP contribution in [0.3, 0.4) is 0 Å². The monoisotopic (exact) mass is 426 g/mol. The normalized spacial score (nSPS) is 11.5. The molecule has 0 aliphatic heterocycles. The molecule has 4 rings (SSSR count). The highest BCUT2D eigenvalue weighted by Gasteiger charge is 2.14. The third-order valence-corrected chi connectivity index (χ3v) is 5.81. The van der Waals surface area contributed by atoms with E-state index in [1.165, 1.54) is 23.4 Å². The number of benzene rings is 2. The van der Waals surface area contributed by atoms with Crippen LogP contribution in [0.25, 0.3) is 22.4 Å². The van der Waals surface area contributed by atoms with Crippen molar-refractivity contribution in [3.8, 4) is 11.5 Å². The quantitative estimate of drug-likeness (QED) is 0.278. The van der Waals surface area contributed by atoms with Crippen molar-refractivity contribution >= 4 is 34.3 Å². The smallest absolute Gasteiger partial charge is 0.336 e. The van der Waals surface area contributed by atoms with E-state index < -0.39 is 0 Å². The van der Waals surface area contributed by atoms with Gasteiger partial charge in [0.05, 0.1) is 0 Å². The van der Waals surface area contributed by atoms with Gasteiger partial charge in [-0.1, -0.05) is 37.2 Å². The largest absolute Gasteiger partial charge is 0.423 e. The van der Waals surface area contributed by atoms with Crippen molar-refractivity contribution in [2.75, 3.05) is 0 Å². The average molecular weight is 427 g/mol. The second-order valence-corrected chi connectivity index (χ2v) is 8.48. The number of hydrogen-bond donors (Lipinski definition) is 0. The number of nitrogens with zero attached hydrogens (tertiary/aromatic N) is 2. The molecule has 0 radical (unpaired) electrons. The van der Waals surface area contributed by atoms with Gasteiger partial charge in [-0.2, -0.15) is 0 Å². The summed E-state index contributed by atoms with van der Waals surface area (Å²) >= 11 is 7.31. The Labute approximate surface area is 177 Å². The number of thioether (sulfide) groups is 1. The first-order valence-electron chi connectivity index (χ1n) is 9.20. The Morgan fingerprint density at radius 1 is 1.07 bits per heavy atom. The first-order chi connectivity index (χ1) is 13.9. The lowest BCUT2D eigenvalue weighted by atomic mass is 9.95. The van der Waals surface area contributed by atoms with Crippen LogP contribution in [0.15, 0.2) is 61.3 Å². The van der Waals surface area contributed by atoms with E-state index in [-0.39, 0.29) is 5.63 Å². The summed E-state index contributed by atoms with van der Waals surface area (Å²) in [6, 6.07) is 12.8. The summed E-state index contributed by atoms with van der Waals surface area (Å²) < 4.78 is 11.2. The Kier molecular flexibility index (Phi) is 5.48. The molecule has 7 heteroatoms. The minimum Gasteiger partial charge on any atom is -0.423 e. The van der Waals surface area contributed by atoms with Gasteiger partial charge in [-0.25, -0.2) is 4.79 Å². The molecule has 0 amide bonds. The van der Waals surface area contributed by atoms with Crippen LogP contribution in [-0.4, -0.2) is 10.2 Å². The molecule has 5 nitrogen and oxygen atoms in total. The third-order valence-electron chi connectivity index (χ3n) is 4.69. The predicted molar refractivity (Wildman–Crippen MR) is 116 cm³/mol. The van der Waals surface area contributed by atoms with Crippen molar-refractivity contribution in [2.24, 2.45) is 0 Å². The van der Waals surface area contributed by atoms with Gasteiger partial charge in [-0.3, -0.25) is 0 Å². The fraction of sp³-hybridized carbons (Fsp3) is 0.227. The average Bonchev–Trinajstić information content (AvgIpc) is 3.14. The van der Waals surface area contributed by atoms with Crippen LogP contribution in [-0.2, 0) is 5.75 Å². The highest BCUT2D eigenvalue weighted by atomic mass is 35.5. The number of fused-ring (bicyclic) bond motifs is 1. The van der Waals surface area contributed by atoms with Crippen LogP contribution in [0.5, 0.6) is 0 Å². The van der Waals surface area contributed by atoms with Gasteiger partial charge in [0.25, 0.3) is 5.22 Å². The van der Waals surface area contributed by atoms with E-state index in [0.29, 0.717) is 33.4 Å². The molecule has 0 N–H and O–H groups in total. The van der Waals surface area contributed by atoms with Crippen molar-refractivity contribution in [1.29, 1.82) is 0 Å². The molecule has 0 fully saturated rings. The molecule has 0 spiro atoms. The number of hydrogen-bond acceptors (Lipinski definition) is 6. The minimum atomic E-state index is -0.364. The molecule has 2 aromatic carbocycles. The molecule has 0 bridgehead atoms. The van der Waals surface area contributed by atoms with E-state index >= 15 is 0 Å². The summed E-state index contributed by atoms with van der Waals surface area (Å²) in [5.41, 5.74) is 4.27. The van der Waals surface area contributed by atoms with E-state index in [0.717, 1.165) is 22.1 Å². The lowest BCUT2D eigenvalue weighted by Gasteiger charge is -2.12. The van der Waals surface area contributed by atoms with Gasteiger partial charge in [0.2, 0.25) is 5.89 Å². The standard InChI is InChI=1S/C22H19ClN2O3S/c1-12(2)17-10-18-15(9-20(26)27-19(18)8-13(17)3)11-29-22-25-24-21(28-22)14-4-6-16(23)7-5-14/h4-10,12H,11H2,1-3H3. The summed E-state index contributed by atoms with van der Waals surface area (Å²) in [4.78, 5) is 12.0. The molecule has 2 heterocycles. The highest BCUT2D eigenvalue weighted by Crippen LogP contribution is 2.31. The fourth-order valence-electron chi connectivity index (χ4n) is 3.25. The molecule has 0 unspecified atom stereocenters. The van der Waals surface area contributed by atoms with Crippen LogP contribution in [0.2, 0.25) is 5.02 Å². The van der Waals surface area contributed by atoms with E-state index in [4.69, 9.17) is 20.4 Å². The Morgan fingerprint density at radius 3 is 2.55 bits per heavy atom. The van der Waals surface area contributed by atoms with Gasteiger partial charge in [0.15, 0.2) is 0 Å². The Hall–Kier alpha value is -2.57. The molecule has 0 atom stereocenters. The summed E-state index contributed by atoms with van der Waals surface area (Å²) in [5, 5.41) is 10.2. The van der Waals surface area contributed by atoms with Crippen molar-refractivity contribution < 1.29 is 8.83 Å². The maximum Gasteiger partial charge on any atom is 0.336 e. The second-order valence-electron chi connectivity index (χ2n) is 7.12. The van der Waals surface area contributed by atoms with Crippen molar-refractivity contribution in [1.82, 2.24) is 10.2 Å². The number of halogens is 1. The second kappa shape index (κ2) is 8.05. The Bertz CT molecular complexity index is 1230. The molecule has 0 saturated carbocycles. The van der Waals surface area contributed by atoms with Gasteiger partial charge in [0.1, 0.15) is 5.58 Å². The van der Waals surface area contributed by atoms with Crippen LogP contribution < -0.4 is 5.63 Å². The summed E-state index contributed by atoms with van der Waals surface area (Å²) in [6.07, 6.45) is 0. The number of aryl methyl sites for hydroxylation is 1. The lowest BCUT2D eigenvalue weighted by molar-refractivity contribution is 0.466.